The second kappa shape index (κ2) is 34.9. The highest BCUT2D eigenvalue weighted by Gasteiger charge is 2.43. The van der Waals surface area contributed by atoms with Gasteiger partial charge in [0.2, 0.25) is 53.2 Å². The van der Waals surface area contributed by atoms with Crippen LogP contribution in [0.25, 0.3) is 0 Å². The summed E-state index contributed by atoms with van der Waals surface area (Å²) < 4.78 is 0. The van der Waals surface area contributed by atoms with Crippen molar-refractivity contribution in [2.24, 2.45) is 51.6 Å². The Hall–Kier alpha value is -6.45. The highest BCUT2D eigenvalue weighted by atomic mass is 32.2. The minimum Gasteiger partial charge on any atom is -0.481 e. The van der Waals surface area contributed by atoms with E-state index in [1.165, 1.54) is 4.90 Å². The fourth-order valence-corrected chi connectivity index (χ4v) is 11.7. The summed E-state index contributed by atoms with van der Waals surface area (Å²) in [7, 11) is 0. The average Bonchev–Trinajstić information content (AvgIpc) is 4.15. The number of urea groups is 1. The van der Waals surface area contributed by atoms with E-state index in [-0.39, 0.29) is 99.3 Å². The van der Waals surface area contributed by atoms with Gasteiger partial charge < -0.3 is 80.8 Å². The van der Waals surface area contributed by atoms with Crippen LogP contribution in [-0.2, 0) is 47.9 Å². The molecule has 3 saturated heterocycles. The van der Waals surface area contributed by atoms with Crippen molar-refractivity contribution in [3.05, 3.63) is 0 Å². The Balaban J connectivity index is 1.66. The second-order valence-corrected chi connectivity index (χ2v) is 24.7. The highest BCUT2D eigenvalue weighted by molar-refractivity contribution is 8.00. The number of carbonyl (C=O) groups excluding carboxylic acids is 10. The van der Waals surface area contributed by atoms with Gasteiger partial charge in [0.1, 0.15) is 42.3 Å². The Morgan fingerprint density at radius 2 is 1.27 bits per heavy atom. The van der Waals surface area contributed by atoms with Crippen LogP contribution in [0, 0.1) is 23.7 Å². The van der Waals surface area contributed by atoms with Crippen LogP contribution in [0.4, 0.5) is 4.79 Å². The maximum absolute atomic E-state index is 14.4. The molecule has 0 aromatic carbocycles. The lowest BCUT2D eigenvalue weighted by atomic mass is 9.99. The van der Waals surface area contributed by atoms with E-state index in [9.17, 15) is 57.8 Å². The molecule has 11 amide bonds. The van der Waals surface area contributed by atoms with Gasteiger partial charge in [-0.15, -0.1) is 0 Å². The number of nitrogens with one attached hydrogen (secondary N) is 9. The maximum atomic E-state index is 14.4. The van der Waals surface area contributed by atoms with Crippen molar-refractivity contribution >= 4 is 82.9 Å². The van der Waals surface area contributed by atoms with Crippen LogP contribution in [0.5, 0.6) is 0 Å². The number of carboxylic acid groups (broad SMARTS) is 1. The summed E-state index contributed by atoms with van der Waals surface area (Å²) in [6.07, 6.45) is 4.11. The lowest BCUT2D eigenvalue weighted by molar-refractivity contribution is -0.143. The summed E-state index contributed by atoms with van der Waals surface area (Å²) in [4.78, 5) is 152. The molecule has 3 aliphatic rings. The average molecular weight is 1180 g/mol. The SMILES string of the molecule is CC(C)C[C@H](NC(=O)[C@H](CC(=O)O)NC(=O)[C@H](CC(C)C)NC(=O)[C@@H]1CCCN1C(=O)[C@H](CCCN=C(N)N)NC(=O)[C@@H](NC(=O)[C@@H](N)CC(C)C)C(C)C)C(=O)N[C@@H](CCCCNC(=O)CCCC[C@@H]1SC[C@H]2NC(=O)N[C@@H]12)C(N)=O. The first kappa shape index (κ1) is 69.8. The molecule has 0 radical (unpaired) electrons. The zero-order valence-electron chi connectivity index (χ0n) is 49.1. The molecule has 0 aliphatic carbocycles. The third-order valence-corrected chi connectivity index (χ3v) is 15.9. The molecule has 3 rings (SSSR count). The van der Waals surface area contributed by atoms with Gasteiger partial charge in [-0.1, -0.05) is 61.8 Å². The van der Waals surface area contributed by atoms with E-state index in [1.807, 2.05) is 25.6 Å². The molecular weight excluding hydrogens is 1080 g/mol. The molecule has 27 nitrogen and oxygen atoms in total. The molecule has 0 unspecified atom stereocenters. The largest absolute Gasteiger partial charge is 0.481 e. The molecule has 18 N–H and O–H groups in total. The molecule has 0 aromatic heterocycles. The number of unbranched alkanes of at least 4 members (excludes halogenated alkanes) is 2. The number of nitrogens with zero attached hydrogens (tertiary/aromatic N) is 2. The van der Waals surface area contributed by atoms with Gasteiger partial charge in [-0.25, -0.2) is 4.79 Å². The molecule has 0 aromatic rings. The molecule has 82 heavy (non-hydrogen) atoms. The molecule has 11 atom stereocenters. The van der Waals surface area contributed by atoms with E-state index >= 15 is 0 Å². The zero-order chi connectivity index (χ0) is 61.4. The molecule has 0 saturated carbocycles. The molecule has 464 valence electrons. The molecule has 0 spiro atoms. The fraction of sp³-hybridized carbons (Fsp3) is 0.778. The van der Waals surface area contributed by atoms with Crippen LogP contribution in [0.3, 0.4) is 0 Å². The predicted molar refractivity (Wildman–Crippen MR) is 310 cm³/mol. The maximum Gasteiger partial charge on any atom is 0.315 e. The van der Waals surface area contributed by atoms with Crippen molar-refractivity contribution in [1.82, 2.24) is 52.8 Å². The zero-order valence-corrected chi connectivity index (χ0v) is 50.0. The standard InChI is InChI=1S/C54H95N15O12S/c1-28(2)23-32(55)46(74)67-43(31(7)8)51(79)62-34(16-13-21-60-53(57)58)52(80)69-22-14-17-39(69)50(78)65-36(25-30(5)6)48(76)64-37(26-42(71)72)49(77)63-35(24-29(3)4)47(75)61-33(45(56)73)15-11-12-20-59-41(70)19-10-9-18-40-44-38(27-82-40)66-54(81)68-44/h28-40,43-44H,9-27,55H2,1-8H3,(H2,56,73)(H,59,70)(H,61,75)(H,62,79)(H,63,77)(H,64,76)(H,65,78)(H,67,74)(H,71,72)(H4,57,58,60)(H2,66,68,81)/t32-,33-,34-,35-,36-,37-,38+,39-,40-,43-,44+/m0/s1. The van der Waals surface area contributed by atoms with E-state index in [0.29, 0.717) is 50.3 Å². The van der Waals surface area contributed by atoms with Gasteiger partial charge >= 0.3 is 12.0 Å². The van der Waals surface area contributed by atoms with Crippen LogP contribution in [0.1, 0.15) is 152 Å². The number of primary amides is 1. The Morgan fingerprint density at radius 1 is 0.683 bits per heavy atom. The van der Waals surface area contributed by atoms with Crippen molar-refractivity contribution in [1.29, 1.82) is 0 Å². The summed E-state index contributed by atoms with van der Waals surface area (Å²) in [6, 6.07) is -9.68. The van der Waals surface area contributed by atoms with Crippen molar-refractivity contribution in [2.45, 2.75) is 217 Å². The lowest BCUT2D eigenvalue weighted by Crippen LogP contribution is -2.60. The fourth-order valence-electron chi connectivity index (χ4n) is 10.2. The molecule has 28 heteroatoms. The van der Waals surface area contributed by atoms with Crippen LogP contribution >= 0.6 is 11.8 Å². The highest BCUT2D eigenvalue weighted by Crippen LogP contribution is 2.33. The lowest BCUT2D eigenvalue weighted by Gasteiger charge is -2.32. The minimum absolute atomic E-state index is 0.0218. The quantitative estimate of drug-likeness (QED) is 0.0154. The van der Waals surface area contributed by atoms with E-state index in [0.717, 1.165) is 18.6 Å². The van der Waals surface area contributed by atoms with Crippen LogP contribution < -0.4 is 70.8 Å². The van der Waals surface area contributed by atoms with E-state index in [2.05, 4.69) is 52.8 Å². The normalized spacial score (nSPS) is 20.0. The number of guanidine groups is 1. The van der Waals surface area contributed by atoms with Gasteiger partial charge in [-0.05, 0) is 101 Å². The third kappa shape index (κ3) is 24.2. The molecule has 3 fully saturated rings. The van der Waals surface area contributed by atoms with Gasteiger partial charge in [0.05, 0.1) is 24.5 Å². The monoisotopic (exact) mass is 1180 g/mol. The third-order valence-electron chi connectivity index (χ3n) is 14.4. The molecule has 3 aliphatic heterocycles. The van der Waals surface area contributed by atoms with E-state index in [4.69, 9.17) is 22.9 Å². The number of carbonyl (C=O) groups is 11. The minimum atomic E-state index is -1.74. The Morgan fingerprint density at radius 3 is 1.87 bits per heavy atom. The number of amides is 11. The number of carboxylic acids is 1. The van der Waals surface area contributed by atoms with Crippen molar-refractivity contribution in [3.8, 4) is 0 Å². The summed E-state index contributed by atoms with van der Waals surface area (Å²) in [5, 5.41) is 34.8. The number of fused-ring (bicyclic) bond motifs is 1. The smallest absolute Gasteiger partial charge is 0.315 e. The number of nitrogens with two attached hydrogens (primary N) is 4. The van der Waals surface area contributed by atoms with Crippen LogP contribution in [0.2, 0.25) is 0 Å². The number of thioether (sulfide) groups is 1. The predicted octanol–water partition coefficient (Wildman–Crippen LogP) is -0.966. The van der Waals surface area contributed by atoms with Gasteiger partial charge in [-0.3, -0.25) is 52.9 Å². The first-order valence-corrected chi connectivity index (χ1v) is 30.0. The van der Waals surface area contributed by atoms with E-state index in [1.54, 1.807) is 41.5 Å². The van der Waals surface area contributed by atoms with Crippen LogP contribution in [0.15, 0.2) is 4.99 Å². The Labute approximate surface area is 486 Å². The van der Waals surface area contributed by atoms with Gasteiger partial charge in [0.25, 0.3) is 0 Å². The van der Waals surface area contributed by atoms with Crippen LogP contribution in [-0.4, -0.2) is 172 Å². The number of hydrogen-bond donors (Lipinski definition) is 14. The molecular formula is C54H95N15O12S. The number of aliphatic carboxylic acids is 1. The van der Waals surface area contributed by atoms with Gasteiger partial charge in [-0.2, -0.15) is 11.8 Å². The second-order valence-electron chi connectivity index (χ2n) is 23.4. The number of rotatable bonds is 37. The Kier molecular flexibility index (Phi) is 29.7. The Bertz CT molecular complexity index is 2230. The summed E-state index contributed by atoms with van der Waals surface area (Å²) in [5.41, 5.74) is 22.8. The van der Waals surface area contributed by atoms with Crippen molar-refractivity contribution in [3.63, 3.8) is 0 Å². The first-order valence-electron chi connectivity index (χ1n) is 29.0. The first-order chi connectivity index (χ1) is 38.6. The van der Waals surface area contributed by atoms with Gasteiger partial charge in [0.15, 0.2) is 5.96 Å². The van der Waals surface area contributed by atoms with E-state index < -0.39 is 114 Å². The molecule has 3 heterocycles. The topological polar surface area (TPSA) is 436 Å². The summed E-state index contributed by atoms with van der Waals surface area (Å²) >= 11 is 1.82. The molecule has 0 bridgehead atoms. The number of hydrogen-bond acceptors (Lipinski definition) is 14. The number of aliphatic imine (C=N–C) groups is 1. The van der Waals surface area contributed by atoms with Crippen molar-refractivity contribution < 1.29 is 57.8 Å². The van der Waals surface area contributed by atoms with Gasteiger partial charge in [0, 0.05) is 37.1 Å². The van der Waals surface area contributed by atoms with Crippen molar-refractivity contribution in [2.75, 3.05) is 25.4 Å². The summed E-state index contributed by atoms with van der Waals surface area (Å²) in [6.45, 7) is 14.9. The summed E-state index contributed by atoms with van der Waals surface area (Å²) in [5.74, 6) is -7.68. The number of likely N-dealkylation sites (tertiary alicyclic amines) is 1.